The highest BCUT2D eigenvalue weighted by Gasteiger charge is 2.16. The van der Waals surface area contributed by atoms with Crippen LogP contribution >= 0.6 is 0 Å². The third kappa shape index (κ3) is 6.00. The number of rotatable bonds is 7. The van der Waals surface area contributed by atoms with Crippen LogP contribution in [0.25, 0.3) is 0 Å². The van der Waals surface area contributed by atoms with E-state index in [2.05, 4.69) is 37.9 Å². The number of nitrogens with zero attached hydrogens (tertiary/aromatic N) is 1. The Balaban J connectivity index is 2.86. The highest BCUT2D eigenvalue weighted by Crippen LogP contribution is 2.28. The first-order chi connectivity index (χ1) is 10.5. The Bertz CT molecular complexity index is 508. The van der Waals surface area contributed by atoms with Crippen LogP contribution in [-0.2, 0) is 9.53 Å². The first-order valence-electron chi connectivity index (χ1n) is 8.18. The van der Waals surface area contributed by atoms with Crippen molar-refractivity contribution in [2.75, 3.05) is 13.7 Å². The van der Waals surface area contributed by atoms with Crippen LogP contribution in [0.15, 0.2) is 39.9 Å². The maximum Gasteiger partial charge on any atom is 0.333 e. The first-order valence-corrected chi connectivity index (χ1v) is 8.18. The summed E-state index contributed by atoms with van der Waals surface area (Å²) in [5, 5.41) is 0. The molecule has 0 radical (unpaired) electrons. The van der Waals surface area contributed by atoms with Gasteiger partial charge in [-0.3, -0.25) is 4.99 Å². The molecule has 0 saturated heterocycles. The lowest BCUT2D eigenvalue weighted by Crippen LogP contribution is -2.10. The van der Waals surface area contributed by atoms with E-state index in [4.69, 9.17) is 4.74 Å². The molecule has 0 aromatic rings. The predicted molar refractivity (Wildman–Crippen MR) is 93.2 cm³/mol. The summed E-state index contributed by atoms with van der Waals surface area (Å²) in [6.07, 6.45) is 10.0. The molecule has 0 atom stereocenters. The van der Waals surface area contributed by atoms with Gasteiger partial charge in [0.15, 0.2) is 0 Å². The van der Waals surface area contributed by atoms with Gasteiger partial charge in [0.1, 0.15) is 0 Å². The molecule has 3 nitrogen and oxygen atoms in total. The van der Waals surface area contributed by atoms with Gasteiger partial charge in [0.05, 0.1) is 6.61 Å². The fourth-order valence-corrected chi connectivity index (χ4v) is 2.48. The molecule has 0 saturated carbocycles. The van der Waals surface area contributed by atoms with Crippen molar-refractivity contribution in [2.24, 2.45) is 10.9 Å². The lowest BCUT2D eigenvalue weighted by Gasteiger charge is -2.18. The highest BCUT2D eigenvalue weighted by atomic mass is 16.5. The van der Waals surface area contributed by atoms with Gasteiger partial charge < -0.3 is 4.74 Å². The van der Waals surface area contributed by atoms with Gasteiger partial charge in [-0.05, 0) is 56.6 Å². The number of aliphatic imine (C=N–C) groups is 1. The van der Waals surface area contributed by atoms with Crippen molar-refractivity contribution in [3.63, 3.8) is 0 Å². The van der Waals surface area contributed by atoms with Crippen LogP contribution in [0.4, 0.5) is 0 Å². The molecule has 0 bridgehead atoms. The van der Waals surface area contributed by atoms with Crippen molar-refractivity contribution in [1.82, 2.24) is 0 Å². The summed E-state index contributed by atoms with van der Waals surface area (Å²) in [5.41, 5.74) is 4.68. The number of hydrogen-bond acceptors (Lipinski definition) is 3. The molecular formula is C19H29NO2. The monoisotopic (exact) mass is 303 g/mol. The van der Waals surface area contributed by atoms with Crippen LogP contribution in [0.1, 0.15) is 53.4 Å². The Hall–Kier alpha value is -1.64. The third-order valence-electron chi connectivity index (χ3n) is 3.77. The van der Waals surface area contributed by atoms with Crippen LogP contribution < -0.4 is 0 Å². The van der Waals surface area contributed by atoms with Crippen molar-refractivity contribution in [1.29, 1.82) is 0 Å². The average Bonchev–Trinajstić information content (AvgIpc) is 2.51. The summed E-state index contributed by atoms with van der Waals surface area (Å²) in [4.78, 5) is 16.0. The molecule has 22 heavy (non-hydrogen) atoms. The molecule has 0 aromatic heterocycles. The molecule has 0 N–H and O–H groups in total. The summed E-state index contributed by atoms with van der Waals surface area (Å²) in [6, 6.07) is 0. The number of allylic oxidation sites excluding steroid dienone is 5. The second-order valence-corrected chi connectivity index (χ2v) is 6.00. The maximum absolute atomic E-state index is 11.8. The van der Waals surface area contributed by atoms with E-state index in [1.807, 2.05) is 20.0 Å². The Kier molecular flexibility index (Phi) is 7.86. The zero-order valence-corrected chi connectivity index (χ0v) is 14.6. The van der Waals surface area contributed by atoms with Crippen molar-refractivity contribution in [2.45, 2.75) is 53.4 Å². The lowest BCUT2D eigenvalue weighted by atomic mass is 9.89. The molecule has 0 aliphatic heterocycles. The van der Waals surface area contributed by atoms with Crippen molar-refractivity contribution >= 4 is 11.7 Å². The quantitative estimate of drug-likeness (QED) is 0.507. The largest absolute Gasteiger partial charge is 0.463 e. The van der Waals surface area contributed by atoms with Gasteiger partial charge in [-0.2, -0.15) is 0 Å². The van der Waals surface area contributed by atoms with E-state index in [0.717, 1.165) is 31.3 Å². The van der Waals surface area contributed by atoms with Crippen molar-refractivity contribution in [3.05, 3.63) is 34.9 Å². The highest BCUT2D eigenvalue weighted by molar-refractivity contribution is 5.89. The van der Waals surface area contributed by atoms with Crippen LogP contribution in [0.3, 0.4) is 0 Å². The summed E-state index contributed by atoms with van der Waals surface area (Å²) in [7, 11) is 1.84. The second kappa shape index (κ2) is 9.39. The SMILES string of the molecule is CCOC(=O)C1=CC=C(C(=CC(C)C)CCC(C)=NC)CC1. The van der Waals surface area contributed by atoms with E-state index in [1.54, 1.807) is 0 Å². The maximum atomic E-state index is 11.8. The Morgan fingerprint density at radius 2 is 1.91 bits per heavy atom. The van der Waals surface area contributed by atoms with E-state index < -0.39 is 0 Å². The smallest absolute Gasteiger partial charge is 0.333 e. The molecule has 0 spiro atoms. The van der Waals surface area contributed by atoms with Gasteiger partial charge in [-0.15, -0.1) is 0 Å². The van der Waals surface area contributed by atoms with Gasteiger partial charge >= 0.3 is 5.97 Å². The molecule has 1 aliphatic carbocycles. The molecule has 1 aliphatic rings. The van der Waals surface area contributed by atoms with Gasteiger partial charge in [0.2, 0.25) is 0 Å². The van der Waals surface area contributed by atoms with Crippen LogP contribution in [0.2, 0.25) is 0 Å². The standard InChI is InChI=1S/C19H29NO2/c1-6-22-19(21)17-11-9-16(10-12-17)18(13-14(2)3)8-7-15(4)20-5/h9,11,13-14H,6-8,10,12H2,1-5H3. The van der Waals surface area contributed by atoms with E-state index in [9.17, 15) is 4.79 Å². The zero-order chi connectivity index (χ0) is 16.5. The Morgan fingerprint density at radius 3 is 2.41 bits per heavy atom. The van der Waals surface area contributed by atoms with E-state index in [0.29, 0.717) is 12.5 Å². The van der Waals surface area contributed by atoms with Gasteiger partial charge in [-0.1, -0.05) is 32.1 Å². The predicted octanol–water partition coefficient (Wildman–Crippen LogP) is 4.65. The second-order valence-electron chi connectivity index (χ2n) is 6.00. The van der Waals surface area contributed by atoms with Crippen LogP contribution in [-0.4, -0.2) is 25.3 Å². The topological polar surface area (TPSA) is 38.7 Å². The number of carbonyl (C=O) groups is 1. The summed E-state index contributed by atoms with van der Waals surface area (Å²) in [6.45, 7) is 8.74. The summed E-state index contributed by atoms with van der Waals surface area (Å²) < 4.78 is 5.07. The molecule has 0 fully saturated rings. The minimum absolute atomic E-state index is 0.179. The fraction of sp³-hybridized carbons (Fsp3) is 0.579. The third-order valence-corrected chi connectivity index (χ3v) is 3.77. The molecule has 0 aromatic carbocycles. The van der Waals surface area contributed by atoms with E-state index >= 15 is 0 Å². The molecular weight excluding hydrogens is 274 g/mol. The van der Waals surface area contributed by atoms with Crippen LogP contribution in [0.5, 0.6) is 0 Å². The van der Waals surface area contributed by atoms with Gasteiger partial charge in [0, 0.05) is 18.3 Å². The minimum atomic E-state index is -0.179. The number of esters is 1. The van der Waals surface area contributed by atoms with E-state index in [1.165, 1.54) is 16.9 Å². The number of carbonyl (C=O) groups excluding carboxylic acids is 1. The first kappa shape index (κ1) is 18.4. The van der Waals surface area contributed by atoms with E-state index in [-0.39, 0.29) is 5.97 Å². The molecule has 0 heterocycles. The summed E-state index contributed by atoms with van der Waals surface area (Å²) in [5.74, 6) is 0.339. The number of hydrogen-bond donors (Lipinski definition) is 0. The molecule has 3 heteroatoms. The normalized spacial score (nSPS) is 16.5. The average molecular weight is 303 g/mol. The molecule has 1 rings (SSSR count). The van der Waals surface area contributed by atoms with Crippen LogP contribution in [0, 0.1) is 5.92 Å². The van der Waals surface area contributed by atoms with Gasteiger partial charge in [-0.25, -0.2) is 4.79 Å². The van der Waals surface area contributed by atoms with Gasteiger partial charge in [0.25, 0.3) is 0 Å². The zero-order valence-electron chi connectivity index (χ0n) is 14.6. The minimum Gasteiger partial charge on any atom is -0.463 e. The molecule has 122 valence electrons. The fourth-order valence-electron chi connectivity index (χ4n) is 2.48. The lowest BCUT2D eigenvalue weighted by molar-refractivity contribution is -0.138. The Morgan fingerprint density at radius 1 is 1.27 bits per heavy atom. The Labute approximate surface area is 134 Å². The molecule has 0 unspecified atom stereocenters. The van der Waals surface area contributed by atoms with Crippen molar-refractivity contribution in [3.8, 4) is 0 Å². The summed E-state index contributed by atoms with van der Waals surface area (Å²) >= 11 is 0. The molecule has 0 amide bonds. The number of ether oxygens (including phenoxy) is 1. The van der Waals surface area contributed by atoms with Crippen molar-refractivity contribution < 1.29 is 9.53 Å².